The summed E-state index contributed by atoms with van der Waals surface area (Å²) in [4.78, 5) is 0. The Balaban J connectivity index is 2.40. The lowest BCUT2D eigenvalue weighted by Gasteiger charge is -2.58. The third-order valence-corrected chi connectivity index (χ3v) is 9.54. The molecule has 0 bridgehead atoms. The summed E-state index contributed by atoms with van der Waals surface area (Å²) in [7, 11) is 0. The molecule has 230 valence electrons. The van der Waals surface area contributed by atoms with Gasteiger partial charge in [-0.05, 0) is 78.0 Å². The molecular formula is C33H60N4OS2. The molecule has 40 heavy (non-hydrogen) atoms. The first-order valence-corrected chi connectivity index (χ1v) is 17.9. The number of nitrogens with zero attached hydrogens (tertiary/aromatic N) is 3. The first-order chi connectivity index (χ1) is 19.0. The van der Waals surface area contributed by atoms with Crippen molar-refractivity contribution in [3.05, 3.63) is 41.1 Å². The zero-order valence-corrected chi connectivity index (χ0v) is 28.6. The van der Waals surface area contributed by atoms with Gasteiger partial charge in [0.05, 0.1) is 11.2 Å². The molecule has 0 aromatic heterocycles. The summed E-state index contributed by atoms with van der Waals surface area (Å²) in [5, 5.41) is 22.6. The van der Waals surface area contributed by atoms with Crippen molar-refractivity contribution in [3.8, 4) is 0 Å². The molecule has 1 aromatic rings. The van der Waals surface area contributed by atoms with E-state index in [0.717, 1.165) is 27.9 Å². The lowest BCUT2D eigenvalue weighted by atomic mass is 10.0. The average molecular weight is 593 g/mol. The van der Waals surface area contributed by atoms with Crippen LogP contribution in [0.15, 0.2) is 41.1 Å². The molecule has 0 aliphatic carbocycles. The second-order valence-corrected chi connectivity index (χ2v) is 15.4. The van der Waals surface area contributed by atoms with Gasteiger partial charge in [0.1, 0.15) is 10.4 Å². The normalized spacial score (nSPS) is 17.6. The topological polar surface area (TPSA) is 42.0 Å². The third kappa shape index (κ3) is 11.4. The molecule has 0 spiro atoms. The monoisotopic (exact) mass is 592 g/mol. The van der Waals surface area contributed by atoms with Gasteiger partial charge in [-0.15, -0.1) is 28.6 Å². The highest BCUT2D eigenvalue weighted by Crippen LogP contribution is 2.44. The Morgan fingerprint density at radius 3 is 1.77 bits per heavy atom. The Morgan fingerprint density at radius 2 is 1.25 bits per heavy atom. The van der Waals surface area contributed by atoms with E-state index in [1.165, 1.54) is 82.2 Å². The van der Waals surface area contributed by atoms with Crippen LogP contribution in [0, 0.1) is 0 Å². The smallest absolute Gasteiger partial charge is 0.139 e. The highest BCUT2D eigenvalue weighted by Gasteiger charge is 2.49. The highest BCUT2D eigenvalue weighted by atomic mass is 32.2. The van der Waals surface area contributed by atoms with Gasteiger partial charge in [-0.3, -0.25) is 5.21 Å². The molecule has 1 heterocycles. The van der Waals surface area contributed by atoms with Crippen molar-refractivity contribution in [1.82, 2.24) is 15.3 Å². The molecule has 7 heteroatoms. The van der Waals surface area contributed by atoms with E-state index in [1.807, 2.05) is 11.8 Å². The fourth-order valence-corrected chi connectivity index (χ4v) is 7.67. The maximum atomic E-state index is 11.9. The van der Waals surface area contributed by atoms with E-state index in [-0.39, 0.29) is 16.5 Å². The number of hydrogen-bond donors (Lipinski definition) is 2. The molecule has 0 amide bonds. The van der Waals surface area contributed by atoms with Crippen molar-refractivity contribution in [2.45, 2.75) is 149 Å². The van der Waals surface area contributed by atoms with Crippen molar-refractivity contribution < 1.29 is 5.21 Å². The van der Waals surface area contributed by atoms with Crippen LogP contribution in [0.3, 0.4) is 0 Å². The van der Waals surface area contributed by atoms with E-state index in [1.54, 1.807) is 11.8 Å². The van der Waals surface area contributed by atoms with Crippen molar-refractivity contribution in [1.29, 1.82) is 0 Å². The largest absolute Gasteiger partial charge is 0.355 e. The van der Waals surface area contributed by atoms with Crippen LogP contribution < -0.4 is 5.32 Å². The number of unbranched alkanes of at least 4 members (excludes halogenated alkanes) is 10. The van der Waals surface area contributed by atoms with E-state index in [9.17, 15) is 5.21 Å². The highest BCUT2D eigenvalue weighted by molar-refractivity contribution is 8.03. The van der Waals surface area contributed by atoms with Crippen LogP contribution in [-0.4, -0.2) is 48.5 Å². The van der Waals surface area contributed by atoms with Crippen LogP contribution in [0.25, 0.3) is 0 Å². The predicted molar refractivity (Wildman–Crippen MR) is 179 cm³/mol. The summed E-state index contributed by atoms with van der Waals surface area (Å²) in [6.07, 6.45) is 15.5. The number of anilines is 1. The number of hydrogen-bond acceptors (Lipinski definition) is 7. The van der Waals surface area contributed by atoms with Gasteiger partial charge in [-0.25, -0.2) is 0 Å². The van der Waals surface area contributed by atoms with Crippen LogP contribution in [-0.2, 0) is 0 Å². The maximum Gasteiger partial charge on any atom is 0.139 e. The van der Waals surface area contributed by atoms with Crippen molar-refractivity contribution in [3.63, 3.8) is 0 Å². The van der Waals surface area contributed by atoms with Gasteiger partial charge in [0.25, 0.3) is 0 Å². The Hall–Kier alpha value is -0.860. The fraction of sp³-hybridized carbons (Fsp3) is 0.758. The molecule has 0 fully saturated rings. The van der Waals surface area contributed by atoms with Crippen molar-refractivity contribution >= 4 is 29.2 Å². The molecule has 1 atom stereocenters. The van der Waals surface area contributed by atoms with Crippen LogP contribution in [0.4, 0.5) is 5.69 Å². The lowest BCUT2D eigenvalue weighted by Crippen LogP contribution is -2.70. The molecule has 1 aromatic carbocycles. The second-order valence-electron chi connectivity index (χ2n) is 13.1. The fourth-order valence-electron chi connectivity index (χ4n) is 5.07. The quantitative estimate of drug-likeness (QED) is 0.164. The summed E-state index contributed by atoms with van der Waals surface area (Å²) < 4.78 is 0. The van der Waals surface area contributed by atoms with E-state index in [2.05, 4.69) is 101 Å². The molecule has 0 saturated heterocycles. The van der Waals surface area contributed by atoms with Crippen LogP contribution in [0.5, 0.6) is 0 Å². The number of hydroxylamine groups is 1. The number of rotatable bonds is 18. The molecule has 2 N–H and O–H groups in total. The molecule has 0 radical (unpaired) electrons. The molecular weight excluding hydrogens is 533 g/mol. The minimum absolute atomic E-state index is 0.0607. The molecule has 0 saturated carbocycles. The first kappa shape index (κ1) is 35.3. The van der Waals surface area contributed by atoms with E-state index in [4.69, 9.17) is 0 Å². The zero-order valence-electron chi connectivity index (χ0n) is 27.0. The van der Waals surface area contributed by atoms with Crippen LogP contribution >= 0.6 is 23.5 Å². The van der Waals surface area contributed by atoms with Gasteiger partial charge in [0.2, 0.25) is 0 Å². The Labute approximate surface area is 255 Å². The minimum Gasteiger partial charge on any atom is -0.355 e. The molecule has 2 rings (SSSR count). The summed E-state index contributed by atoms with van der Waals surface area (Å²) in [6, 6.07) is 10.5. The van der Waals surface area contributed by atoms with Gasteiger partial charge in [-0.1, -0.05) is 96.3 Å². The third-order valence-electron chi connectivity index (χ3n) is 7.12. The standard InChI is InChI=1S/C33H60N4OS2/c1-9-11-13-15-17-22-26-39-30-29(34-28-24-20-19-21-25-28)31(40-27-23-18-16-14-12-10-2)36(38)37(33(6,7)8)35(30)32(3,4)5/h19-21,24-25,30,34,38H,9-18,22-23,26-27H2,1-8H3. The second kappa shape index (κ2) is 17.9. The number of nitrogens with one attached hydrogen (secondary N) is 1. The van der Waals surface area contributed by atoms with E-state index in [0.29, 0.717) is 0 Å². The van der Waals surface area contributed by atoms with Crippen molar-refractivity contribution in [2.24, 2.45) is 0 Å². The molecule has 1 aliphatic rings. The average Bonchev–Trinajstić information content (AvgIpc) is 2.89. The number of benzene rings is 1. The number of hydrazine groups is 2. The Bertz CT molecular complexity index is 850. The van der Waals surface area contributed by atoms with Gasteiger partial charge in [0.15, 0.2) is 0 Å². The minimum atomic E-state index is -0.300. The van der Waals surface area contributed by atoms with Crippen molar-refractivity contribution in [2.75, 3.05) is 16.8 Å². The lowest BCUT2D eigenvalue weighted by molar-refractivity contribution is -0.358. The summed E-state index contributed by atoms with van der Waals surface area (Å²) in [5.74, 6) is 2.10. The molecule has 5 nitrogen and oxygen atoms in total. The number of thioether (sulfide) groups is 2. The summed E-state index contributed by atoms with van der Waals surface area (Å²) >= 11 is 3.81. The summed E-state index contributed by atoms with van der Waals surface area (Å²) in [5.41, 5.74) is 1.65. The first-order valence-electron chi connectivity index (χ1n) is 15.9. The molecule has 1 aliphatic heterocycles. The SMILES string of the molecule is CCCCCCCCSC1=C(Nc2ccccc2)C(SCCCCCCCC)N(C(C)(C)C)N(C(C)(C)C)N1O. The maximum absolute atomic E-state index is 11.9. The van der Waals surface area contributed by atoms with Crippen LogP contribution in [0.1, 0.15) is 132 Å². The zero-order chi connectivity index (χ0) is 29.6. The number of para-hydroxylation sites is 1. The predicted octanol–water partition coefficient (Wildman–Crippen LogP) is 10.5. The Kier molecular flexibility index (Phi) is 15.9. The molecule has 1 unspecified atom stereocenters. The Morgan fingerprint density at radius 1 is 0.725 bits per heavy atom. The van der Waals surface area contributed by atoms with Gasteiger partial charge < -0.3 is 5.32 Å². The van der Waals surface area contributed by atoms with Gasteiger partial charge in [0, 0.05) is 11.2 Å². The van der Waals surface area contributed by atoms with E-state index >= 15 is 0 Å². The van der Waals surface area contributed by atoms with Gasteiger partial charge >= 0.3 is 0 Å². The van der Waals surface area contributed by atoms with E-state index < -0.39 is 0 Å². The van der Waals surface area contributed by atoms with Crippen LogP contribution in [0.2, 0.25) is 0 Å². The van der Waals surface area contributed by atoms with Gasteiger partial charge in [-0.2, -0.15) is 10.2 Å². The summed E-state index contributed by atoms with van der Waals surface area (Å²) in [6.45, 7) is 17.9.